The summed E-state index contributed by atoms with van der Waals surface area (Å²) in [7, 11) is 1.96. The molecule has 5 nitrogen and oxygen atoms in total. The topological polar surface area (TPSA) is 61.3 Å². The third-order valence-corrected chi connectivity index (χ3v) is 3.15. The summed E-state index contributed by atoms with van der Waals surface area (Å²) in [6.07, 6.45) is 5.13. The summed E-state index contributed by atoms with van der Waals surface area (Å²) >= 11 is 0. The van der Waals surface area contributed by atoms with Gasteiger partial charge in [-0.1, -0.05) is 0 Å². The lowest BCUT2D eigenvalue weighted by Crippen LogP contribution is -2.20. The van der Waals surface area contributed by atoms with Crippen molar-refractivity contribution in [2.75, 3.05) is 30.4 Å². The van der Waals surface area contributed by atoms with Crippen LogP contribution < -0.4 is 10.2 Å². The van der Waals surface area contributed by atoms with E-state index >= 15 is 0 Å². The molecule has 1 aromatic heterocycles. The zero-order valence-electron chi connectivity index (χ0n) is 11.8. The number of hydrogen-bond donors (Lipinski definition) is 2. The number of nitrogens with zero attached hydrogens (tertiary/aromatic N) is 3. The number of hydrogen-bond acceptors (Lipinski definition) is 5. The van der Waals surface area contributed by atoms with Crippen molar-refractivity contribution < 1.29 is 5.11 Å². The number of nitrogens with one attached hydrogen (secondary N) is 1. The first-order valence-corrected chi connectivity index (χ1v) is 6.65. The van der Waals surface area contributed by atoms with Crippen molar-refractivity contribution in [2.24, 2.45) is 0 Å². The van der Waals surface area contributed by atoms with Crippen LogP contribution in [-0.2, 0) is 0 Å². The molecule has 5 heteroatoms. The summed E-state index contributed by atoms with van der Waals surface area (Å²) in [4.78, 5) is 10.4. The van der Waals surface area contributed by atoms with E-state index in [1.807, 2.05) is 36.2 Å². The van der Waals surface area contributed by atoms with Gasteiger partial charge in [0, 0.05) is 37.4 Å². The molecule has 0 saturated carbocycles. The molecule has 0 aliphatic rings. The molecule has 0 amide bonds. The predicted octanol–water partition coefficient (Wildman–Crippen LogP) is 2.08. The number of aromatic nitrogens is 2. The third-order valence-electron chi connectivity index (χ3n) is 3.15. The van der Waals surface area contributed by atoms with Crippen molar-refractivity contribution in [1.29, 1.82) is 0 Å². The fourth-order valence-corrected chi connectivity index (χ4v) is 1.95. The van der Waals surface area contributed by atoms with E-state index in [1.54, 1.807) is 18.6 Å². The van der Waals surface area contributed by atoms with Gasteiger partial charge >= 0.3 is 0 Å². The Labute approximate surface area is 119 Å². The molecular weight excluding hydrogens is 252 g/mol. The largest absolute Gasteiger partial charge is 0.395 e. The minimum Gasteiger partial charge on any atom is -0.395 e. The standard InChI is InChI=1S/C15H20N4O/c1-12(15-11-16-7-8-17-15)18-13-3-5-14(6-4-13)19(2)9-10-20/h3-8,11-12,18,20H,9-10H2,1-2H3. The lowest BCUT2D eigenvalue weighted by atomic mass is 10.2. The molecule has 0 bridgehead atoms. The quantitative estimate of drug-likeness (QED) is 0.843. The smallest absolute Gasteiger partial charge is 0.0806 e. The molecule has 1 atom stereocenters. The highest BCUT2D eigenvalue weighted by molar-refractivity contribution is 5.55. The maximum absolute atomic E-state index is 8.93. The van der Waals surface area contributed by atoms with Crippen molar-refractivity contribution in [3.05, 3.63) is 48.5 Å². The number of aliphatic hydroxyl groups excluding tert-OH is 1. The van der Waals surface area contributed by atoms with Crippen LogP contribution in [0.5, 0.6) is 0 Å². The van der Waals surface area contributed by atoms with Crippen LogP contribution in [0.15, 0.2) is 42.9 Å². The maximum Gasteiger partial charge on any atom is 0.0806 e. The maximum atomic E-state index is 8.93. The van der Waals surface area contributed by atoms with Crippen LogP contribution in [0.1, 0.15) is 18.7 Å². The SMILES string of the molecule is CC(Nc1ccc(N(C)CCO)cc1)c1cnccn1. The van der Waals surface area contributed by atoms with E-state index in [-0.39, 0.29) is 12.6 Å². The van der Waals surface area contributed by atoms with Gasteiger partial charge < -0.3 is 15.3 Å². The van der Waals surface area contributed by atoms with E-state index < -0.39 is 0 Å². The highest BCUT2D eigenvalue weighted by atomic mass is 16.3. The van der Waals surface area contributed by atoms with Crippen LogP contribution in [0.25, 0.3) is 0 Å². The highest BCUT2D eigenvalue weighted by Crippen LogP contribution is 2.20. The Morgan fingerprint density at radius 2 is 2.00 bits per heavy atom. The highest BCUT2D eigenvalue weighted by Gasteiger charge is 2.07. The molecule has 2 N–H and O–H groups in total. The average molecular weight is 272 g/mol. The molecule has 20 heavy (non-hydrogen) atoms. The number of rotatable bonds is 6. The lowest BCUT2D eigenvalue weighted by Gasteiger charge is -2.19. The molecular formula is C15H20N4O. The van der Waals surface area contributed by atoms with Gasteiger partial charge in [0.15, 0.2) is 0 Å². The van der Waals surface area contributed by atoms with Crippen LogP contribution in [0.4, 0.5) is 11.4 Å². The summed E-state index contributed by atoms with van der Waals surface area (Å²) < 4.78 is 0. The Hall–Kier alpha value is -2.14. The third kappa shape index (κ3) is 3.68. The van der Waals surface area contributed by atoms with Crippen molar-refractivity contribution in [3.63, 3.8) is 0 Å². The average Bonchev–Trinajstić information content (AvgIpc) is 2.49. The minimum atomic E-state index is 0.102. The fourth-order valence-electron chi connectivity index (χ4n) is 1.95. The van der Waals surface area contributed by atoms with Crippen molar-refractivity contribution in [1.82, 2.24) is 9.97 Å². The molecule has 1 unspecified atom stereocenters. The monoisotopic (exact) mass is 272 g/mol. The molecule has 0 fully saturated rings. The molecule has 0 aliphatic carbocycles. The zero-order valence-corrected chi connectivity index (χ0v) is 11.8. The molecule has 0 saturated heterocycles. The second kappa shape index (κ2) is 6.86. The van der Waals surface area contributed by atoms with Crippen LogP contribution in [-0.4, -0.2) is 35.3 Å². The second-order valence-electron chi connectivity index (χ2n) is 4.69. The van der Waals surface area contributed by atoms with Gasteiger partial charge in [-0.2, -0.15) is 0 Å². The Balaban J connectivity index is 2.00. The van der Waals surface area contributed by atoms with Crippen molar-refractivity contribution >= 4 is 11.4 Å². The molecule has 2 rings (SSSR count). The summed E-state index contributed by atoms with van der Waals surface area (Å²) in [5, 5.41) is 12.3. The first kappa shape index (κ1) is 14.3. The van der Waals surface area contributed by atoms with Crippen molar-refractivity contribution in [2.45, 2.75) is 13.0 Å². The Bertz CT molecular complexity index is 515. The molecule has 1 aromatic carbocycles. The number of aliphatic hydroxyl groups is 1. The summed E-state index contributed by atoms with van der Waals surface area (Å²) in [5.41, 5.74) is 3.02. The van der Waals surface area contributed by atoms with Gasteiger partial charge in [0.25, 0.3) is 0 Å². The lowest BCUT2D eigenvalue weighted by molar-refractivity contribution is 0.304. The van der Waals surface area contributed by atoms with E-state index in [4.69, 9.17) is 5.11 Å². The summed E-state index contributed by atoms with van der Waals surface area (Å²) in [6.45, 7) is 2.83. The van der Waals surface area contributed by atoms with E-state index in [0.717, 1.165) is 17.1 Å². The van der Waals surface area contributed by atoms with Gasteiger partial charge in [-0.15, -0.1) is 0 Å². The number of benzene rings is 1. The fraction of sp³-hybridized carbons (Fsp3) is 0.333. The predicted molar refractivity (Wildman–Crippen MR) is 80.9 cm³/mol. The van der Waals surface area contributed by atoms with Gasteiger partial charge in [-0.25, -0.2) is 0 Å². The van der Waals surface area contributed by atoms with Gasteiger partial charge in [-0.05, 0) is 31.2 Å². The van der Waals surface area contributed by atoms with E-state index in [2.05, 4.69) is 22.2 Å². The normalized spacial score (nSPS) is 11.9. The Morgan fingerprint density at radius 1 is 1.25 bits per heavy atom. The van der Waals surface area contributed by atoms with E-state index in [9.17, 15) is 0 Å². The van der Waals surface area contributed by atoms with Crippen LogP contribution in [0.2, 0.25) is 0 Å². The zero-order chi connectivity index (χ0) is 14.4. The van der Waals surface area contributed by atoms with Crippen LogP contribution in [0, 0.1) is 0 Å². The Kier molecular flexibility index (Phi) is 4.90. The van der Waals surface area contributed by atoms with Crippen LogP contribution in [0.3, 0.4) is 0 Å². The van der Waals surface area contributed by atoms with Gasteiger partial charge in [-0.3, -0.25) is 9.97 Å². The van der Waals surface area contributed by atoms with Gasteiger partial charge in [0.1, 0.15) is 0 Å². The molecule has 106 valence electrons. The Morgan fingerprint density at radius 3 is 2.60 bits per heavy atom. The van der Waals surface area contributed by atoms with Crippen molar-refractivity contribution in [3.8, 4) is 0 Å². The first-order valence-electron chi connectivity index (χ1n) is 6.65. The summed E-state index contributed by atoms with van der Waals surface area (Å²) in [5.74, 6) is 0. The minimum absolute atomic E-state index is 0.102. The first-order chi connectivity index (χ1) is 9.70. The second-order valence-corrected chi connectivity index (χ2v) is 4.69. The molecule has 0 spiro atoms. The van der Waals surface area contributed by atoms with Crippen LogP contribution >= 0.6 is 0 Å². The molecule has 0 aliphatic heterocycles. The van der Waals surface area contributed by atoms with Gasteiger partial charge in [0.05, 0.1) is 24.5 Å². The molecule has 0 radical (unpaired) electrons. The van der Waals surface area contributed by atoms with E-state index in [1.165, 1.54) is 0 Å². The molecule has 1 heterocycles. The number of likely N-dealkylation sites (N-methyl/N-ethyl adjacent to an activating group) is 1. The van der Waals surface area contributed by atoms with Gasteiger partial charge in [0.2, 0.25) is 0 Å². The number of anilines is 2. The molecule has 2 aromatic rings. The van der Waals surface area contributed by atoms with E-state index in [0.29, 0.717) is 6.54 Å². The summed E-state index contributed by atoms with van der Waals surface area (Å²) in [6, 6.07) is 8.21.